The highest BCUT2D eigenvalue weighted by molar-refractivity contribution is 5.93. The molecule has 0 aromatic heterocycles. The topological polar surface area (TPSA) is 108 Å². The number of hydrogen-bond acceptors (Lipinski definition) is 4. The van der Waals surface area contributed by atoms with E-state index in [1.807, 2.05) is 6.92 Å². The number of nitrogens with one attached hydrogen (secondary N) is 3. The molecule has 8 heteroatoms. The summed E-state index contributed by atoms with van der Waals surface area (Å²) in [4.78, 5) is 42.0. The van der Waals surface area contributed by atoms with Crippen molar-refractivity contribution in [2.45, 2.75) is 44.7 Å². The van der Waals surface area contributed by atoms with Crippen LogP contribution in [0.25, 0.3) is 0 Å². The maximum Gasteiger partial charge on any atom is 0.251 e. The van der Waals surface area contributed by atoms with Crippen LogP contribution in [-0.4, -0.2) is 55.7 Å². The van der Waals surface area contributed by atoms with Gasteiger partial charge in [0.1, 0.15) is 0 Å². The predicted octanol–water partition coefficient (Wildman–Crippen LogP) is 0.0702. The van der Waals surface area contributed by atoms with E-state index in [-0.39, 0.29) is 18.0 Å². The molecule has 8 nitrogen and oxygen atoms in total. The fourth-order valence-electron chi connectivity index (χ4n) is 2.56. The lowest BCUT2D eigenvalue weighted by Crippen LogP contribution is -2.42. The molecule has 0 unspecified atom stereocenters. The van der Waals surface area contributed by atoms with Crippen LogP contribution in [0.1, 0.15) is 32.6 Å². The summed E-state index contributed by atoms with van der Waals surface area (Å²) in [7, 11) is 1.56. The Morgan fingerprint density at radius 1 is 1.12 bits per heavy atom. The van der Waals surface area contributed by atoms with E-state index >= 15 is 0 Å². The Morgan fingerprint density at radius 2 is 1.72 bits per heavy atom. The SMILES string of the molecule is C=C1C=CC(=O)N1C1CCC(NC=O)CC1.CCNC=O.CNC=O. The number of nitrogens with zero attached hydrogens (tertiary/aromatic N) is 1. The molecule has 0 aromatic rings. The van der Waals surface area contributed by atoms with Gasteiger partial charge >= 0.3 is 0 Å². The molecule has 0 radical (unpaired) electrons. The maximum atomic E-state index is 11.6. The highest BCUT2D eigenvalue weighted by Gasteiger charge is 2.30. The van der Waals surface area contributed by atoms with E-state index in [0.29, 0.717) is 12.8 Å². The molecular weight excluding hydrogens is 324 g/mol. The van der Waals surface area contributed by atoms with Gasteiger partial charge in [0.15, 0.2) is 0 Å². The molecule has 1 heterocycles. The van der Waals surface area contributed by atoms with E-state index in [1.54, 1.807) is 24.1 Å². The first kappa shape index (κ1) is 22.4. The minimum absolute atomic E-state index is 0.0387. The van der Waals surface area contributed by atoms with Crippen LogP contribution < -0.4 is 16.0 Å². The van der Waals surface area contributed by atoms with Gasteiger partial charge in [0.25, 0.3) is 5.91 Å². The lowest BCUT2D eigenvalue weighted by molar-refractivity contribution is -0.125. The van der Waals surface area contributed by atoms with Gasteiger partial charge in [-0.05, 0) is 38.7 Å². The molecule has 0 saturated heterocycles. The van der Waals surface area contributed by atoms with Crippen molar-refractivity contribution in [2.75, 3.05) is 13.6 Å². The van der Waals surface area contributed by atoms with Crippen molar-refractivity contribution in [2.24, 2.45) is 0 Å². The van der Waals surface area contributed by atoms with Gasteiger partial charge in [-0.15, -0.1) is 0 Å². The number of carbonyl (C=O) groups is 4. The van der Waals surface area contributed by atoms with Gasteiger partial charge in [0, 0.05) is 37.4 Å². The van der Waals surface area contributed by atoms with Crippen molar-refractivity contribution in [1.29, 1.82) is 0 Å². The first-order valence-corrected chi connectivity index (χ1v) is 8.23. The minimum atomic E-state index is 0.0387. The van der Waals surface area contributed by atoms with E-state index in [1.165, 1.54) is 0 Å². The van der Waals surface area contributed by atoms with Crippen molar-refractivity contribution < 1.29 is 19.2 Å². The lowest BCUT2D eigenvalue weighted by atomic mass is 9.90. The number of carbonyl (C=O) groups excluding carboxylic acids is 4. The normalized spacial score (nSPS) is 21.1. The maximum absolute atomic E-state index is 11.6. The molecule has 1 fully saturated rings. The zero-order valence-electron chi connectivity index (χ0n) is 14.9. The van der Waals surface area contributed by atoms with Crippen LogP contribution >= 0.6 is 0 Å². The summed E-state index contributed by atoms with van der Waals surface area (Å²) in [6.07, 6.45) is 9.11. The Bertz CT molecular complexity index is 453. The predicted molar refractivity (Wildman–Crippen MR) is 95.2 cm³/mol. The van der Waals surface area contributed by atoms with Crippen molar-refractivity contribution in [3.63, 3.8) is 0 Å². The standard InChI is InChI=1S/C12H16N2O2.C3H7NO.C2H5NO/c1-9-2-7-12(16)14(9)11-5-3-10(4-6-11)13-8-15;1-2-4-3-5;1-3-2-4/h2,7-8,10-11H,1,3-6H2,(H,13,15);3H,2H2,1H3,(H,4,5);2H,1H3,(H,3,4). The van der Waals surface area contributed by atoms with Gasteiger partial charge in [0.05, 0.1) is 0 Å². The van der Waals surface area contributed by atoms with E-state index < -0.39 is 0 Å². The average Bonchev–Trinajstić information content (AvgIpc) is 2.96. The Balaban J connectivity index is 0.000000536. The summed E-state index contributed by atoms with van der Waals surface area (Å²) in [5.41, 5.74) is 0.789. The van der Waals surface area contributed by atoms with Crippen LogP contribution in [0.5, 0.6) is 0 Å². The molecule has 0 spiro atoms. The molecule has 1 saturated carbocycles. The molecule has 0 atom stereocenters. The van der Waals surface area contributed by atoms with Crippen LogP contribution in [0.4, 0.5) is 0 Å². The molecule has 0 bridgehead atoms. The van der Waals surface area contributed by atoms with Crippen LogP contribution in [0.2, 0.25) is 0 Å². The molecule has 0 aromatic carbocycles. The number of hydrogen-bond donors (Lipinski definition) is 3. The lowest BCUT2D eigenvalue weighted by Gasteiger charge is -2.34. The zero-order valence-corrected chi connectivity index (χ0v) is 14.9. The minimum Gasteiger partial charge on any atom is -0.362 e. The highest BCUT2D eigenvalue weighted by atomic mass is 16.2. The van der Waals surface area contributed by atoms with Crippen LogP contribution in [-0.2, 0) is 19.2 Å². The monoisotopic (exact) mass is 352 g/mol. The number of allylic oxidation sites excluding steroid dienone is 1. The second-order valence-corrected chi connectivity index (χ2v) is 5.40. The third kappa shape index (κ3) is 8.69. The second kappa shape index (κ2) is 13.8. The number of amides is 4. The third-order valence-electron chi connectivity index (χ3n) is 3.74. The quantitative estimate of drug-likeness (QED) is 0.588. The first-order valence-electron chi connectivity index (χ1n) is 8.23. The molecule has 2 aliphatic rings. The Hall–Kier alpha value is -2.64. The van der Waals surface area contributed by atoms with Crippen molar-refractivity contribution in [1.82, 2.24) is 20.9 Å². The molecule has 1 aliphatic carbocycles. The molecule has 1 aliphatic heterocycles. The first-order chi connectivity index (χ1) is 12.0. The Morgan fingerprint density at radius 3 is 2.04 bits per heavy atom. The fraction of sp³-hybridized carbons (Fsp3) is 0.529. The highest BCUT2D eigenvalue weighted by Crippen LogP contribution is 2.28. The second-order valence-electron chi connectivity index (χ2n) is 5.40. The zero-order chi connectivity index (χ0) is 19.1. The number of rotatable bonds is 6. The summed E-state index contributed by atoms with van der Waals surface area (Å²) in [5, 5.41) is 7.48. The Kier molecular flexibility index (Phi) is 12.3. The van der Waals surface area contributed by atoms with Gasteiger partial charge in [-0.1, -0.05) is 6.58 Å². The van der Waals surface area contributed by atoms with Gasteiger partial charge in [-0.3, -0.25) is 19.2 Å². The molecule has 140 valence electrons. The van der Waals surface area contributed by atoms with Crippen molar-refractivity contribution in [3.8, 4) is 0 Å². The molecular formula is C17H28N4O4. The average molecular weight is 352 g/mol. The van der Waals surface area contributed by atoms with Crippen molar-refractivity contribution >= 4 is 25.1 Å². The summed E-state index contributed by atoms with van der Waals surface area (Å²) in [6.45, 7) is 6.46. The third-order valence-corrected chi connectivity index (χ3v) is 3.74. The molecule has 2 rings (SSSR count). The van der Waals surface area contributed by atoms with Crippen LogP contribution in [0.15, 0.2) is 24.4 Å². The fourth-order valence-corrected chi connectivity index (χ4v) is 2.56. The molecule has 3 N–H and O–H groups in total. The van der Waals surface area contributed by atoms with Gasteiger partial charge < -0.3 is 20.9 Å². The van der Waals surface area contributed by atoms with Gasteiger partial charge in [-0.2, -0.15) is 0 Å². The summed E-state index contributed by atoms with van der Waals surface area (Å²) in [6, 6.07) is 0.521. The van der Waals surface area contributed by atoms with E-state index in [0.717, 1.165) is 44.3 Å². The Labute approximate surface area is 148 Å². The van der Waals surface area contributed by atoms with Gasteiger partial charge in [0.2, 0.25) is 19.2 Å². The smallest absolute Gasteiger partial charge is 0.251 e. The van der Waals surface area contributed by atoms with Crippen LogP contribution in [0.3, 0.4) is 0 Å². The van der Waals surface area contributed by atoms with E-state index in [4.69, 9.17) is 4.79 Å². The van der Waals surface area contributed by atoms with E-state index in [9.17, 15) is 14.4 Å². The van der Waals surface area contributed by atoms with Gasteiger partial charge in [-0.25, -0.2) is 0 Å². The molecule has 4 amide bonds. The largest absolute Gasteiger partial charge is 0.362 e. The summed E-state index contributed by atoms with van der Waals surface area (Å²) >= 11 is 0. The summed E-state index contributed by atoms with van der Waals surface area (Å²) < 4.78 is 0. The van der Waals surface area contributed by atoms with Crippen LogP contribution in [0, 0.1) is 0 Å². The van der Waals surface area contributed by atoms with Crippen molar-refractivity contribution in [3.05, 3.63) is 24.4 Å². The summed E-state index contributed by atoms with van der Waals surface area (Å²) in [5.74, 6) is 0.0387. The molecule has 25 heavy (non-hydrogen) atoms. The van der Waals surface area contributed by atoms with E-state index in [2.05, 4.69) is 22.5 Å².